The Kier molecular flexibility index (Phi) is 23.5. The van der Waals surface area contributed by atoms with Crippen molar-refractivity contribution in [3.8, 4) is 11.5 Å². The van der Waals surface area contributed by atoms with Crippen LogP contribution < -0.4 is 4.74 Å². The van der Waals surface area contributed by atoms with E-state index in [0.29, 0.717) is 17.9 Å². The van der Waals surface area contributed by atoms with Gasteiger partial charge in [0.15, 0.2) is 17.3 Å². The Bertz CT molecular complexity index is 373. The molecule has 3 nitrogen and oxygen atoms in total. The number of carbonyl (C=O) groups excluding carboxylic acids is 1. The maximum absolute atomic E-state index is 11.1. The first kappa shape index (κ1) is 26.4. The highest BCUT2D eigenvalue weighted by Crippen LogP contribution is 2.27. The van der Waals surface area contributed by atoms with Crippen molar-refractivity contribution in [1.29, 1.82) is 0 Å². The first-order valence-electron chi connectivity index (χ1n) is 9.03. The lowest BCUT2D eigenvalue weighted by atomic mass is 10.1. The molecular weight excluding hydrogens is 288 g/mol. The second-order valence-corrected chi connectivity index (χ2v) is 4.50. The average molecular weight is 327 g/mol. The van der Waals surface area contributed by atoms with E-state index in [0.717, 1.165) is 19.3 Å². The minimum Gasteiger partial charge on any atom is -0.504 e. The third kappa shape index (κ3) is 15.2. The smallest absolute Gasteiger partial charge is 0.161 e. The Morgan fingerprint density at radius 1 is 1.04 bits per heavy atom. The van der Waals surface area contributed by atoms with E-state index in [2.05, 4.69) is 20.8 Å². The van der Waals surface area contributed by atoms with Crippen LogP contribution in [-0.2, 0) is 0 Å². The van der Waals surface area contributed by atoms with E-state index in [1.807, 2.05) is 27.7 Å². The molecule has 136 valence electrons. The van der Waals surface area contributed by atoms with Crippen molar-refractivity contribution in [2.45, 2.75) is 81.1 Å². The molecule has 1 aromatic carbocycles. The zero-order valence-corrected chi connectivity index (χ0v) is 16.5. The second-order valence-electron chi connectivity index (χ2n) is 4.50. The molecule has 0 spiro atoms. The summed E-state index contributed by atoms with van der Waals surface area (Å²) in [5.41, 5.74) is 0.559. The van der Waals surface area contributed by atoms with Crippen molar-refractivity contribution in [2.75, 3.05) is 6.61 Å². The third-order valence-corrected chi connectivity index (χ3v) is 2.37. The fourth-order valence-electron chi connectivity index (χ4n) is 1.38. The minimum absolute atomic E-state index is 0.0293. The van der Waals surface area contributed by atoms with E-state index in [9.17, 15) is 9.90 Å². The van der Waals surface area contributed by atoms with Crippen molar-refractivity contribution in [2.24, 2.45) is 0 Å². The SMILES string of the molecule is CC.CC.CCC.CCCCCOc1cc(C(C)=O)ccc1O. The van der Waals surface area contributed by atoms with E-state index in [4.69, 9.17) is 4.74 Å². The maximum Gasteiger partial charge on any atom is 0.161 e. The van der Waals surface area contributed by atoms with Crippen LogP contribution in [-0.4, -0.2) is 17.5 Å². The summed E-state index contributed by atoms with van der Waals surface area (Å²) in [6, 6.07) is 4.67. The molecule has 0 heterocycles. The van der Waals surface area contributed by atoms with Crippen LogP contribution in [0.3, 0.4) is 0 Å². The number of ether oxygens (including phenoxy) is 1. The van der Waals surface area contributed by atoms with Gasteiger partial charge in [-0.2, -0.15) is 0 Å². The van der Waals surface area contributed by atoms with Crippen LogP contribution in [0.5, 0.6) is 11.5 Å². The molecule has 0 radical (unpaired) electrons. The molecule has 0 unspecified atom stereocenters. The zero-order chi connectivity index (χ0) is 18.7. The van der Waals surface area contributed by atoms with Gasteiger partial charge in [-0.3, -0.25) is 4.79 Å². The number of ketones is 1. The Balaban J connectivity index is -0.000000496. The van der Waals surface area contributed by atoms with Gasteiger partial charge >= 0.3 is 0 Å². The molecule has 0 saturated carbocycles. The van der Waals surface area contributed by atoms with Gasteiger partial charge in [0.25, 0.3) is 0 Å². The van der Waals surface area contributed by atoms with Crippen molar-refractivity contribution in [1.82, 2.24) is 0 Å². The molecule has 0 atom stereocenters. The fourth-order valence-corrected chi connectivity index (χ4v) is 1.38. The summed E-state index contributed by atoms with van der Waals surface area (Å²) in [5.74, 6) is 0.448. The largest absolute Gasteiger partial charge is 0.504 e. The lowest BCUT2D eigenvalue weighted by Crippen LogP contribution is -1.99. The number of benzene rings is 1. The summed E-state index contributed by atoms with van der Waals surface area (Å²) < 4.78 is 5.43. The number of aromatic hydroxyl groups is 1. The third-order valence-electron chi connectivity index (χ3n) is 2.37. The Morgan fingerprint density at radius 3 is 2.00 bits per heavy atom. The lowest BCUT2D eigenvalue weighted by Gasteiger charge is -2.08. The molecule has 0 fully saturated rings. The molecule has 0 bridgehead atoms. The van der Waals surface area contributed by atoms with Gasteiger partial charge in [-0.1, -0.05) is 67.7 Å². The monoisotopic (exact) mass is 326 g/mol. The quantitative estimate of drug-likeness (QED) is 0.471. The number of hydrogen-bond acceptors (Lipinski definition) is 3. The summed E-state index contributed by atoms with van der Waals surface area (Å²) in [4.78, 5) is 11.1. The molecule has 1 N–H and O–H groups in total. The summed E-state index contributed by atoms with van der Waals surface area (Å²) in [5, 5.41) is 9.54. The molecule has 0 aromatic heterocycles. The van der Waals surface area contributed by atoms with Crippen LogP contribution in [0.25, 0.3) is 0 Å². The predicted molar refractivity (Wildman–Crippen MR) is 102 cm³/mol. The average Bonchev–Trinajstić information content (AvgIpc) is 2.57. The fraction of sp³-hybridized carbons (Fsp3) is 0.650. The highest BCUT2D eigenvalue weighted by atomic mass is 16.5. The number of carbonyl (C=O) groups is 1. The zero-order valence-electron chi connectivity index (χ0n) is 16.5. The lowest BCUT2D eigenvalue weighted by molar-refractivity contribution is 0.101. The van der Waals surface area contributed by atoms with E-state index in [1.165, 1.54) is 19.4 Å². The first-order valence-corrected chi connectivity index (χ1v) is 9.03. The van der Waals surface area contributed by atoms with Crippen LogP contribution in [0.2, 0.25) is 0 Å². The Morgan fingerprint density at radius 2 is 1.57 bits per heavy atom. The molecule has 0 aliphatic carbocycles. The van der Waals surface area contributed by atoms with Gasteiger partial charge in [0.1, 0.15) is 0 Å². The van der Waals surface area contributed by atoms with Gasteiger partial charge in [0.05, 0.1) is 6.61 Å². The second kappa shape index (κ2) is 20.5. The van der Waals surface area contributed by atoms with E-state index in [1.54, 1.807) is 12.1 Å². The van der Waals surface area contributed by atoms with Gasteiger partial charge in [0, 0.05) is 5.56 Å². The molecule has 0 aliphatic heterocycles. The van der Waals surface area contributed by atoms with Crippen LogP contribution in [0.4, 0.5) is 0 Å². The molecular formula is C20H38O3. The summed E-state index contributed by atoms with van der Waals surface area (Å²) in [6.07, 6.45) is 4.44. The number of rotatable bonds is 6. The Hall–Kier alpha value is -1.51. The number of hydrogen-bond donors (Lipinski definition) is 1. The van der Waals surface area contributed by atoms with E-state index in [-0.39, 0.29) is 11.5 Å². The number of phenols is 1. The van der Waals surface area contributed by atoms with Crippen molar-refractivity contribution < 1.29 is 14.6 Å². The minimum atomic E-state index is -0.0293. The molecule has 1 aromatic rings. The highest BCUT2D eigenvalue weighted by molar-refractivity contribution is 5.94. The van der Waals surface area contributed by atoms with Crippen LogP contribution in [0.1, 0.15) is 91.4 Å². The highest BCUT2D eigenvalue weighted by Gasteiger charge is 2.06. The van der Waals surface area contributed by atoms with Crippen LogP contribution in [0, 0.1) is 0 Å². The normalized spacial score (nSPS) is 8.35. The predicted octanol–water partition coefficient (Wildman–Crippen LogP) is 6.63. The van der Waals surface area contributed by atoms with Crippen LogP contribution in [0.15, 0.2) is 18.2 Å². The van der Waals surface area contributed by atoms with E-state index < -0.39 is 0 Å². The van der Waals surface area contributed by atoms with Gasteiger partial charge < -0.3 is 9.84 Å². The topological polar surface area (TPSA) is 46.5 Å². The van der Waals surface area contributed by atoms with Crippen molar-refractivity contribution in [3.05, 3.63) is 23.8 Å². The van der Waals surface area contributed by atoms with Gasteiger partial charge in [-0.25, -0.2) is 0 Å². The first-order chi connectivity index (χ1) is 11.1. The van der Waals surface area contributed by atoms with Gasteiger partial charge in [0.2, 0.25) is 0 Å². The standard InChI is InChI=1S/C13H18O3.C3H8.2C2H6/c1-3-4-5-8-16-13-9-11(10(2)14)6-7-12(13)15;1-3-2;2*1-2/h6-7,9,15H,3-5,8H2,1-2H3;3H2,1-2H3;2*1-2H3. The van der Waals surface area contributed by atoms with E-state index >= 15 is 0 Å². The number of phenolic OH excluding ortho intramolecular Hbond substituents is 1. The van der Waals surface area contributed by atoms with Crippen molar-refractivity contribution in [3.63, 3.8) is 0 Å². The molecule has 0 saturated heterocycles. The van der Waals surface area contributed by atoms with Gasteiger partial charge in [-0.05, 0) is 31.5 Å². The maximum atomic E-state index is 11.1. The molecule has 23 heavy (non-hydrogen) atoms. The number of Topliss-reactive ketones (excluding diaryl/α,β-unsaturated/α-hetero) is 1. The molecule has 3 heteroatoms. The van der Waals surface area contributed by atoms with Crippen molar-refractivity contribution >= 4 is 5.78 Å². The van der Waals surface area contributed by atoms with Gasteiger partial charge in [-0.15, -0.1) is 0 Å². The summed E-state index contributed by atoms with van der Waals surface area (Å²) in [7, 11) is 0. The summed E-state index contributed by atoms with van der Waals surface area (Å²) >= 11 is 0. The Labute approximate surface area is 144 Å². The summed E-state index contributed by atoms with van der Waals surface area (Å²) in [6.45, 7) is 16.4. The molecule has 0 amide bonds. The molecule has 1 rings (SSSR count). The number of unbranched alkanes of at least 4 members (excludes halogenated alkanes) is 2. The molecule has 0 aliphatic rings. The van der Waals surface area contributed by atoms with Crippen LogP contribution >= 0.6 is 0 Å².